The number of sulfonamides is 1. The molecule has 24 heavy (non-hydrogen) atoms. The number of ketones is 1. The van der Waals surface area contributed by atoms with Crippen molar-refractivity contribution in [2.45, 2.75) is 38.1 Å². The summed E-state index contributed by atoms with van der Waals surface area (Å²) in [7, 11) is -3.46. The van der Waals surface area contributed by atoms with Gasteiger partial charge in [-0.15, -0.1) is 0 Å². The van der Waals surface area contributed by atoms with Gasteiger partial charge < -0.3 is 5.32 Å². The van der Waals surface area contributed by atoms with E-state index in [1.807, 2.05) is 0 Å². The van der Waals surface area contributed by atoms with Gasteiger partial charge in [-0.2, -0.15) is 4.31 Å². The average Bonchev–Trinajstić information content (AvgIpc) is 2.87. The Morgan fingerprint density at radius 2 is 2.04 bits per heavy atom. The third kappa shape index (κ3) is 3.34. The minimum absolute atomic E-state index is 0.0348. The van der Waals surface area contributed by atoms with Gasteiger partial charge in [0.25, 0.3) is 0 Å². The smallest absolute Gasteiger partial charge is 0.242 e. The first-order valence-corrected chi connectivity index (χ1v) is 10.1. The first kappa shape index (κ1) is 17.4. The van der Waals surface area contributed by atoms with Crippen molar-refractivity contribution >= 4 is 39.0 Å². The highest BCUT2D eigenvalue weighted by Gasteiger charge is 2.35. The Labute approximate surface area is 146 Å². The average molecular weight is 371 g/mol. The summed E-state index contributed by atoms with van der Waals surface area (Å²) in [6, 6.07) is 2.55. The van der Waals surface area contributed by atoms with Gasteiger partial charge in [0, 0.05) is 18.5 Å². The van der Waals surface area contributed by atoms with Crippen LogP contribution in [0.1, 0.15) is 41.6 Å². The van der Waals surface area contributed by atoms with Crippen molar-refractivity contribution < 1.29 is 18.0 Å². The molecule has 0 bridgehead atoms. The fraction of sp³-hybridized carbons (Fsp3) is 0.500. The molecule has 0 aromatic heterocycles. The van der Waals surface area contributed by atoms with Gasteiger partial charge in [-0.25, -0.2) is 8.42 Å². The first-order valence-electron chi connectivity index (χ1n) is 7.90. The van der Waals surface area contributed by atoms with E-state index in [1.165, 1.54) is 4.31 Å². The van der Waals surface area contributed by atoms with Crippen LogP contribution in [-0.4, -0.2) is 43.3 Å². The van der Waals surface area contributed by atoms with Gasteiger partial charge in [-0.05, 0) is 37.0 Å². The number of nitrogens with zero attached hydrogens (tertiary/aromatic N) is 1. The Morgan fingerprint density at radius 3 is 2.75 bits per heavy atom. The minimum atomic E-state index is -3.46. The van der Waals surface area contributed by atoms with Crippen LogP contribution >= 0.6 is 11.6 Å². The number of Topliss-reactive ketones (excluding diaryl/α,β-unsaturated/α-hetero) is 1. The number of hydrogen-bond acceptors (Lipinski definition) is 4. The fourth-order valence-corrected chi connectivity index (χ4v) is 4.70. The van der Waals surface area contributed by atoms with E-state index in [0.717, 1.165) is 24.7 Å². The molecule has 130 valence electrons. The number of anilines is 1. The van der Waals surface area contributed by atoms with Crippen molar-refractivity contribution in [3.63, 3.8) is 0 Å². The highest BCUT2D eigenvalue weighted by Crippen LogP contribution is 2.32. The molecular weight excluding hydrogens is 352 g/mol. The molecule has 3 rings (SSSR count). The fourth-order valence-electron chi connectivity index (χ4n) is 3.34. The molecule has 1 aromatic rings. The molecule has 1 amide bonds. The van der Waals surface area contributed by atoms with E-state index >= 15 is 0 Å². The van der Waals surface area contributed by atoms with E-state index in [-0.39, 0.29) is 5.78 Å². The number of piperidine rings is 1. The van der Waals surface area contributed by atoms with Crippen LogP contribution in [0.15, 0.2) is 12.1 Å². The summed E-state index contributed by atoms with van der Waals surface area (Å²) in [5, 5.41) is 3.06. The third-order valence-corrected chi connectivity index (χ3v) is 6.16. The summed E-state index contributed by atoms with van der Waals surface area (Å²) in [5.74, 6) is -0.375. The Bertz CT molecular complexity index is 807. The lowest BCUT2D eigenvalue weighted by molar-refractivity contribution is -0.120. The van der Waals surface area contributed by atoms with Crippen molar-refractivity contribution in [2.75, 3.05) is 18.1 Å². The van der Waals surface area contributed by atoms with Gasteiger partial charge in [-0.3, -0.25) is 9.59 Å². The Balaban J connectivity index is 1.84. The Kier molecular flexibility index (Phi) is 4.68. The molecule has 1 atom stereocenters. The Morgan fingerprint density at radius 1 is 1.29 bits per heavy atom. The second-order valence-corrected chi connectivity index (χ2v) is 8.63. The zero-order chi connectivity index (χ0) is 17.5. The molecule has 1 unspecified atom stereocenters. The number of fused-ring (bicyclic) bond motifs is 1. The lowest BCUT2D eigenvalue weighted by Crippen LogP contribution is -2.49. The number of carbonyl (C=O) groups is 2. The van der Waals surface area contributed by atoms with Crippen LogP contribution in [0.2, 0.25) is 5.02 Å². The van der Waals surface area contributed by atoms with Gasteiger partial charge in [0.1, 0.15) is 6.04 Å². The van der Waals surface area contributed by atoms with Gasteiger partial charge >= 0.3 is 0 Å². The highest BCUT2D eigenvalue weighted by molar-refractivity contribution is 7.88. The molecule has 8 heteroatoms. The van der Waals surface area contributed by atoms with E-state index in [0.29, 0.717) is 42.1 Å². The van der Waals surface area contributed by atoms with Crippen molar-refractivity contribution in [3.8, 4) is 0 Å². The van der Waals surface area contributed by atoms with Crippen LogP contribution < -0.4 is 5.32 Å². The van der Waals surface area contributed by atoms with E-state index in [4.69, 9.17) is 11.6 Å². The molecule has 6 nitrogen and oxygen atoms in total. The number of hydrogen-bond donors (Lipinski definition) is 1. The van der Waals surface area contributed by atoms with E-state index in [9.17, 15) is 18.0 Å². The summed E-state index contributed by atoms with van der Waals surface area (Å²) >= 11 is 6.21. The molecule has 1 saturated heterocycles. The maximum Gasteiger partial charge on any atom is 0.242 e. The van der Waals surface area contributed by atoms with Crippen LogP contribution in [0, 0.1) is 0 Å². The lowest BCUT2D eigenvalue weighted by atomic mass is 10.0. The Hall–Kier alpha value is -1.44. The number of amides is 1. The predicted octanol–water partition coefficient (Wildman–Crippen LogP) is 2.22. The zero-order valence-corrected chi connectivity index (χ0v) is 14.9. The molecule has 0 saturated carbocycles. The second kappa shape index (κ2) is 6.46. The summed E-state index contributed by atoms with van der Waals surface area (Å²) in [4.78, 5) is 24.5. The number of carbonyl (C=O) groups excluding carboxylic acids is 2. The second-order valence-electron chi connectivity index (χ2n) is 6.29. The summed E-state index contributed by atoms with van der Waals surface area (Å²) in [6.07, 6.45) is 4.23. The van der Waals surface area contributed by atoms with Crippen molar-refractivity contribution in [1.29, 1.82) is 0 Å². The number of nitrogens with one attached hydrogen (secondary N) is 1. The van der Waals surface area contributed by atoms with Crippen LogP contribution in [0.25, 0.3) is 0 Å². The molecule has 2 aliphatic rings. The first-order chi connectivity index (χ1) is 11.3. The third-order valence-electron chi connectivity index (χ3n) is 4.55. The monoisotopic (exact) mass is 370 g/mol. The zero-order valence-electron chi connectivity index (χ0n) is 13.3. The van der Waals surface area contributed by atoms with Gasteiger partial charge in [-0.1, -0.05) is 18.0 Å². The highest BCUT2D eigenvalue weighted by atomic mass is 35.5. The largest absolute Gasteiger partial charge is 0.323 e. The maximum atomic E-state index is 12.6. The van der Waals surface area contributed by atoms with Crippen molar-refractivity contribution in [3.05, 3.63) is 28.3 Å². The maximum absolute atomic E-state index is 12.6. The summed E-state index contributed by atoms with van der Waals surface area (Å²) in [5.41, 5.74) is 1.83. The van der Waals surface area contributed by atoms with Crippen LogP contribution in [0.4, 0.5) is 5.69 Å². The minimum Gasteiger partial charge on any atom is -0.323 e. The number of rotatable bonds is 3. The van der Waals surface area contributed by atoms with Crippen LogP contribution in [0.5, 0.6) is 0 Å². The molecule has 1 aliphatic carbocycles. The molecule has 1 fully saturated rings. The SMILES string of the molecule is CS(=O)(=O)N1CCCCC1C(=O)Nc1cc2c(cc1Cl)CCC2=O. The van der Waals surface area contributed by atoms with Crippen LogP contribution in [-0.2, 0) is 21.2 Å². The molecule has 1 aliphatic heterocycles. The van der Waals surface area contributed by atoms with Gasteiger partial charge in [0.15, 0.2) is 5.78 Å². The quantitative estimate of drug-likeness (QED) is 0.884. The van der Waals surface area contributed by atoms with E-state index in [2.05, 4.69) is 5.32 Å². The van der Waals surface area contributed by atoms with Crippen molar-refractivity contribution in [1.82, 2.24) is 4.31 Å². The van der Waals surface area contributed by atoms with Gasteiger partial charge in [0.2, 0.25) is 15.9 Å². The van der Waals surface area contributed by atoms with E-state index in [1.54, 1.807) is 12.1 Å². The topological polar surface area (TPSA) is 83.6 Å². The number of halogens is 1. The molecule has 0 radical (unpaired) electrons. The standard InChI is InChI=1S/C16H19ClN2O4S/c1-24(22,23)19-7-3-2-4-14(19)16(21)18-13-9-11-10(8-12(13)17)5-6-15(11)20/h8-9,14H,2-7H2,1H3,(H,18,21). The van der Waals surface area contributed by atoms with Gasteiger partial charge in [0.05, 0.1) is 17.0 Å². The van der Waals surface area contributed by atoms with Crippen LogP contribution in [0.3, 0.4) is 0 Å². The summed E-state index contributed by atoms with van der Waals surface area (Å²) in [6.45, 7) is 0.341. The predicted molar refractivity (Wildman–Crippen MR) is 91.9 cm³/mol. The number of benzene rings is 1. The molecule has 1 aromatic carbocycles. The number of aryl methyl sites for hydroxylation is 1. The normalized spacial score (nSPS) is 21.6. The molecule has 0 spiro atoms. The molecule has 1 N–H and O–H groups in total. The molecular formula is C16H19ClN2O4S. The van der Waals surface area contributed by atoms with E-state index < -0.39 is 22.0 Å². The lowest BCUT2D eigenvalue weighted by Gasteiger charge is -2.32. The molecule has 1 heterocycles. The van der Waals surface area contributed by atoms with Crippen molar-refractivity contribution in [2.24, 2.45) is 0 Å². The summed E-state index contributed by atoms with van der Waals surface area (Å²) < 4.78 is 25.0.